The van der Waals surface area contributed by atoms with Crippen LogP contribution in [0.15, 0.2) is 30.3 Å². The molecular formula is C22H36N4. The first-order valence-corrected chi connectivity index (χ1v) is 10.7. The predicted octanol–water partition coefficient (Wildman–Crippen LogP) is 2.71. The second-order valence-corrected chi connectivity index (χ2v) is 8.59. The van der Waals surface area contributed by atoms with E-state index in [0.29, 0.717) is 0 Å². The second kappa shape index (κ2) is 8.83. The van der Waals surface area contributed by atoms with Gasteiger partial charge in [-0.3, -0.25) is 19.6 Å². The van der Waals surface area contributed by atoms with Crippen molar-refractivity contribution in [2.45, 2.75) is 51.2 Å². The van der Waals surface area contributed by atoms with Gasteiger partial charge in [0.1, 0.15) is 0 Å². The molecule has 3 saturated heterocycles. The summed E-state index contributed by atoms with van der Waals surface area (Å²) in [6, 6.07) is 12.5. The SMILES string of the molecule is C[C@@H]1CCCN1CCN1CCN(C2CCN(Cc3ccccc3)CC2)C1. The van der Waals surface area contributed by atoms with Crippen LogP contribution in [0.25, 0.3) is 0 Å². The van der Waals surface area contributed by atoms with Crippen LogP contribution in [0.3, 0.4) is 0 Å². The Labute approximate surface area is 159 Å². The highest BCUT2D eigenvalue weighted by atomic mass is 15.4. The van der Waals surface area contributed by atoms with Crippen molar-refractivity contribution < 1.29 is 0 Å². The summed E-state index contributed by atoms with van der Waals surface area (Å²) in [5, 5.41) is 0. The van der Waals surface area contributed by atoms with Gasteiger partial charge in [-0.25, -0.2) is 0 Å². The molecule has 3 heterocycles. The molecule has 0 bridgehead atoms. The van der Waals surface area contributed by atoms with Gasteiger partial charge in [0, 0.05) is 44.8 Å². The zero-order valence-corrected chi connectivity index (χ0v) is 16.5. The maximum absolute atomic E-state index is 2.76. The monoisotopic (exact) mass is 356 g/mol. The molecular weight excluding hydrogens is 320 g/mol. The summed E-state index contributed by atoms with van der Waals surface area (Å²) in [6.45, 7) is 13.6. The Kier molecular flexibility index (Phi) is 6.26. The Balaban J connectivity index is 1.17. The molecule has 0 amide bonds. The average molecular weight is 357 g/mol. The molecule has 0 saturated carbocycles. The first-order valence-electron chi connectivity index (χ1n) is 10.7. The van der Waals surface area contributed by atoms with E-state index in [9.17, 15) is 0 Å². The van der Waals surface area contributed by atoms with E-state index in [-0.39, 0.29) is 0 Å². The molecule has 26 heavy (non-hydrogen) atoms. The topological polar surface area (TPSA) is 13.0 Å². The van der Waals surface area contributed by atoms with Crippen molar-refractivity contribution in [3.8, 4) is 0 Å². The van der Waals surface area contributed by atoms with E-state index >= 15 is 0 Å². The summed E-state index contributed by atoms with van der Waals surface area (Å²) in [4.78, 5) is 10.8. The lowest BCUT2D eigenvalue weighted by atomic mass is 10.0. The first kappa shape index (κ1) is 18.4. The van der Waals surface area contributed by atoms with Gasteiger partial charge in [-0.15, -0.1) is 0 Å². The zero-order valence-electron chi connectivity index (χ0n) is 16.5. The third-order valence-electron chi connectivity index (χ3n) is 6.80. The van der Waals surface area contributed by atoms with Crippen molar-refractivity contribution in [1.82, 2.24) is 19.6 Å². The molecule has 4 rings (SSSR count). The Morgan fingerprint density at radius 3 is 2.38 bits per heavy atom. The summed E-state index contributed by atoms with van der Waals surface area (Å²) in [7, 11) is 0. The van der Waals surface area contributed by atoms with Crippen molar-refractivity contribution in [2.24, 2.45) is 0 Å². The van der Waals surface area contributed by atoms with E-state index in [1.807, 2.05) is 0 Å². The normalized spacial score (nSPS) is 27.5. The van der Waals surface area contributed by atoms with Crippen molar-refractivity contribution in [3.63, 3.8) is 0 Å². The van der Waals surface area contributed by atoms with Gasteiger partial charge in [0.05, 0.1) is 6.67 Å². The maximum atomic E-state index is 2.76. The molecule has 4 heteroatoms. The van der Waals surface area contributed by atoms with Gasteiger partial charge in [-0.1, -0.05) is 30.3 Å². The van der Waals surface area contributed by atoms with E-state index in [2.05, 4.69) is 56.9 Å². The molecule has 4 nitrogen and oxygen atoms in total. The number of piperidine rings is 1. The highest BCUT2D eigenvalue weighted by molar-refractivity contribution is 5.14. The van der Waals surface area contributed by atoms with Gasteiger partial charge < -0.3 is 0 Å². The van der Waals surface area contributed by atoms with Crippen LogP contribution in [0, 0.1) is 0 Å². The fourth-order valence-electron chi connectivity index (χ4n) is 5.03. The van der Waals surface area contributed by atoms with Crippen LogP contribution < -0.4 is 0 Å². The predicted molar refractivity (Wildman–Crippen MR) is 108 cm³/mol. The van der Waals surface area contributed by atoms with Crippen LogP contribution in [0.1, 0.15) is 38.2 Å². The smallest absolute Gasteiger partial charge is 0.0510 e. The molecule has 0 spiro atoms. The summed E-state index contributed by atoms with van der Waals surface area (Å²) in [5.74, 6) is 0. The molecule has 0 N–H and O–H groups in total. The molecule has 3 aliphatic heterocycles. The lowest BCUT2D eigenvalue weighted by Crippen LogP contribution is -2.44. The van der Waals surface area contributed by atoms with Gasteiger partial charge in [0.25, 0.3) is 0 Å². The third-order valence-corrected chi connectivity index (χ3v) is 6.80. The van der Waals surface area contributed by atoms with Gasteiger partial charge in [-0.05, 0) is 57.8 Å². The fourth-order valence-corrected chi connectivity index (χ4v) is 5.03. The minimum atomic E-state index is 0.803. The van der Waals surface area contributed by atoms with Crippen LogP contribution in [-0.2, 0) is 6.54 Å². The van der Waals surface area contributed by atoms with Gasteiger partial charge in [-0.2, -0.15) is 0 Å². The Hall–Kier alpha value is -0.940. The van der Waals surface area contributed by atoms with Crippen molar-refractivity contribution in [3.05, 3.63) is 35.9 Å². The van der Waals surface area contributed by atoms with E-state index in [1.165, 1.54) is 83.7 Å². The van der Waals surface area contributed by atoms with Gasteiger partial charge in [0.15, 0.2) is 0 Å². The molecule has 3 aliphatic rings. The molecule has 1 aromatic rings. The van der Waals surface area contributed by atoms with E-state index < -0.39 is 0 Å². The Bertz CT molecular complexity index is 540. The molecule has 0 unspecified atom stereocenters. The molecule has 3 fully saturated rings. The standard InChI is InChI=1S/C22H36N4/c1-20-6-5-11-25(20)16-14-24-15-17-26(19-24)22-9-12-23(13-10-22)18-21-7-3-2-4-8-21/h2-4,7-8,20,22H,5-6,9-19H2,1H3/t20-/m1/s1. The van der Waals surface area contributed by atoms with Gasteiger partial charge in [0.2, 0.25) is 0 Å². The van der Waals surface area contributed by atoms with Crippen LogP contribution >= 0.6 is 0 Å². The number of hydrogen-bond acceptors (Lipinski definition) is 4. The molecule has 0 aromatic heterocycles. The molecule has 1 aromatic carbocycles. The first-order chi connectivity index (χ1) is 12.8. The van der Waals surface area contributed by atoms with Crippen LogP contribution in [-0.4, -0.2) is 84.2 Å². The van der Waals surface area contributed by atoms with Gasteiger partial charge >= 0.3 is 0 Å². The van der Waals surface area contributed by atoms with Crippen LogP contribution in [0.5, 0.6) is 0 Å². The van der Waals surface area contributed by atoms with Crippen LogP contribution in [0.4, 0.5) is 0 Å². The molecule has 0 radical (unpaired) electrons. The van der Waals surface area contributed by atoms with Crippen LogP contribution in [0.2, 0.25) is 0 Å². The summed E-state index contributed by atoms with van der Waals surface area (Å²) in [6.07, 6.45) is 5.47. The molecule has 0 aliphatic carbocycles. The maximum Gasteiger partial charge on any atom is 0.0510 e. The number of hydrogen-bond donors (Lipinski definition) is 0. The third kappa shape index (κ3) is 4.66. The fraction of sp³-hybridized carbons (Fsp3) is 0.727. The lowest BCUT2D eigenvalue weighted by molar-refractivity contribution is 0.105. The van der Waals surface area contributed by atoms with E-state index in [4.69, 9.17) is 0 Å². The summed E-state index contributed by atoms with van der Waals surface area (Å²) < 4.78 is 0. The van der Waals surface area contributed by atoms with E-state index in [0.717, 1.165) is 18.6 Å². The molecule has 1 atom stereocenters. The molecule has 144 valence electrons. The van der Waals surface area contributed by atoms with Crippen molar-refractivity contribution in [1.29, 1.82) is 0 Å². The number of nitrogens with zero attached hydrogens (tertiary/aromatic N) is 4. The number of likely N-dealkylation sites (tertiary alicyclic amines) is 2. The Morgan fingerprint density at radius 2 is 1.65 bits per heavy atom. The van der Waals surface area contributed by atoms with E-state index in [1.54, 1.807) is 0 Å². The number of rotatable bonds is 6. The lowest BCUT2D eigenvalue weighted by Gasteiger charge is -2.36. The minimum absolute atomic E-state index is 0.803. The summed E-state index contributed by atoms with van der Waals surface area (Å²) >= 11 is 0. The zero-order chi connectivity index (χ0) is 17.8. The highest BCUT2D eigenvalue weighted by Gasteiger charge is 2.30. The van der Waals surface area contributed by atoms with Crippen molar-refractivity contribution in [2.75, 3.05) is 52.5 Å². The Morgan fingerprint density at radius 1 is 0.846 bits per heavy atom. The number of benzene rings is 1. The largest absolute Gasteiger partial charge is 0.299 e. The highest BCUT2D eigenvalue weighted by Crippen LogP contribution is 2.22. The average Bonchev–Trinajstić information content (AvgIpc) is 3.30. The second-order valence-electron chi connectivity index (χ2n) is 8.59. The minimum Gasteiger partial charge on any atom is -0.299 e. The van der Waals surface area contributed by atoms with Crippen molar-refractivity contribution >= 4 is 0 Å². The summed E-state index contributed by atoms with van der Waals surface area (Å²) in [5.41, 5.74) is 1.45. The quantitative estimate of drug-likeness (QED) is 0.777.